The summed E-state index contributed by atoms with van der Waals surface area (Å²) in [4.78, 5) is 0. The Balaban J connectivity index is 2.25. The smallest absolute Gasteiger partial charge is 0.380 e. The van der Waals surface area contributed by atoms with E-state index in [9.17, 15) is 13.2 Å². The highest BCUT2D eigenvalue weighted by Gasteiger charge is 2.33. The Morgan fingerprint density at radius 1 is 1.05 bits per heavy atom. The molecule has 0 aliphatic carbocycles. The minimum atomic E-state index is -4.37. The second-order valence-electron chi connectivity index (χ2n) is 4.66. The number of alkyl halides is 3. The summed E-state index contributed by atoms with van der Waals surface area (Å²) in [5, 5.41) is 2.90. The Morgan fingerprint density at radius 2 is 1.71 bits per heavy atom. The van der Waals surface area contributed by atoms with Gasteiger partial charge in [-0.2, -0.15) is 13.2 Å². The molecule has 2 aromatic carbocycles. The lowest BCUT2D eigenvalue weighted by atomic mass is 10.0. The second-order valence-corrected chi connectivity index (χ2v) is 5.58. The molecule has 0 heterocycles. The molecule has 0 saturated heterocycles. The van der Waals surface area contributed by atoms with Gasteiger partial charge in [-0.1, -0.05) is 47.1 Å². The maximum Gasteiger partial charge on any atom is 0.418 e. The Hall–Kier alpha value is -1.49. The summed E-state index contributed by atoms with van der Waals surface area (Å²) in [5.74, 6) is 0. The average Bonchev–Trinajstić information content (AvgIpc) is 2.44. The van der Waals surface area contributed by atoms with Gasteiger partial charge in [0.15, 0.2) is 0 Å². The van der Waals surface area contributed by atoms with Gasteiger partial charge in [0, 0.05) is 16.7 Å². The van der Waals surface area contributed by atoms with Crippen molar-refractivity contribution >= 4 is 21.6 Å². The molecule has 0 atom stereocenters. The monoisotopic (exact) mass is 357 g/mol. The molecule has 1 N–H and O–H groups in total. The molecule has 0 saturated carbocycles. The van der Waals surface area contributed by atoms with Crippen LogP contribution in [0.4, 0.5) is 18.9 Å². The van der Waals surface area contributed by atoms with Gasteiger partial charge in [-0.05, 0) is 35.7 Å². The zero-order chi connectivity index (χ0) is 15.5. The van der Waals surface area contributed by atoms with Gasteiger partial charge in [0.05, 0.1) is 5.56 Å². The van der Waals surface area contributed by atoms with Crippen LogP contribution in [0, 0.1) is 0 Å². The fraction of sp³-hybridized carbons (Fsp3) is 0.250. The lowest BCUT2D eigenvalue weighted by molar-refractivity contribution is -0.137. The van der Waals surface area contributed by atoms with Crippen molar-refractivity contribution in [2.24, 2.45) is 0 Å². The first kappa shape index (κ1) is 15.9. The zero-order valence-electron chi connectivity index (χ0n) is 11.5. The maximum atomic E-state index is 13.0. The van der Waals surface area contributed by atoms with Crippen LogP contribution in [-0.2, 0) is 19.1 Å². The standard InChI is InChI=1S/C16H15BrF3N/c1-2-11-5-3-4-6-12(11)10-21-15-9-13(17)7-8-14(15)16(18,19)20/h3-9,21H,2,10H2,1H3. The number of aryl methyl sites for hydroxylation is 1. The minimum Gasteiger partial charge on any atom is -0.380 e. The molecule has 0 spiro atoms. The normalized spacial score (nSPS) is 11.5. The predicted molar refractivity (Wildman–Crippen MR) is 82.3 cm³/mol. The van der Waals surface area contributed by atoms with Gasteiger partial charge in [-0.3, -0.25) is 0 Å². The number of benzene rings is 2. The van der Waals surface area contributed by atoms with Crippen molar-refractivity contribution in [1.82, 2.24) is 0 Å². The molecule has 0 bridgehead atoms. The summed E-state index contributed by atoms with van der Waals surface area (Å²) < 4.78 is 39.6. The second kappa shape index (κ2) is 6.52. The molecule has 1 nitrogen and oxygen atoms in total. The summed E-state index contributed by atoms with van der Waals surface area (Å²) in [7, 11) is 0. The molecule has 5 heteroatoms. The molecule has 0 fully saturated rings. The molecule has 0 aromatic heterocycles. The van der Waals surface area contributed by atoms with E-state index in [2.05, 4.69) is 21.2 Å². The zero-order valence-corrected chi connectivity index (χ0v) is 13.1. The van der Waals surface area contributed by atoms with Crippen molar-refractivity contribution in [3.05, 3.63) is 63.6 Å². The quantitative estimate of drug-likeness (QED) is 0.746. The number of rotatable bonds is 4. The van der Waals surface area contributed by atoms with Crippen LogP contribution in [0.1, 0.15) is 23.6 Å². The molecule has 0 aliphatic rings. The fourth-order valence-electron chi connectivity index (χ4n) is 2.18. The summed E-state index contributed by atoms with van der Waals surface area (Å²) in [6, 6.07) is 11.7. The van der Waals surface area contributed by atoms with Gasteiger partial charge in [-0.15, -0.1) is 0 Å². The van der Waals surface area contributed by atoms with Crippen molar-refractivity contribution < 1.29 is 13.2 Å². The molecular weight excluding hydrogens is 343 g/mol. The van der Waals surface area contributed by atoms with Crippen LogP contribution in [0.2, 0.25) is 0 Å². The first-order valence-corrected chi connectivity index (χ1v) is 7.38. The Labute approximate surface area is 130 Å². The number of hydrogen-bond donors (Lipinski definition) is 1. The van der Waals surface area contributed by atoms with Crippen molar-refractivity contribution in [2.75, 3.05) is 5.32 Å². The molecule has 0 aliphatic heterocycles. The fourth-order valence-corrected chi connectivity index (χ4v) is 2.54. The highest BCUT2D eigenvalue weighted by molar-refractivity contribution is 9.10. The van der Waals surface area contributed by atoms with Crippen LogP contribution in [0.15, 0.2) is 46.9 Å². The predicted octanol–water partition coefficient (Wildman–Crippen LogP) is 5.64. The third-order valence-electron chi connectivity index (χ3n) is 3.26. The van der Waals surface area contributed by atoms with E-state index in [-0.39, 0.29) is 5.69 Å². The van der Waals surface area contributed by atoms with Crippen molar-refractivity contribution in [3.8, 4) is 0 Å². The Bertz CT molecular complexity index is 623. The van der Waals surface area contributed by atoms with Gasteiger partial charge < -0.3 is 5.32 Å². The molecule has 0 amide bonds. The summed E-state index contributed by atoms with van der Waals surface area (Å²) in [6.07, 6.45) is -3.52. The van der Waals surface area contributed by atoms with Crippen molar-refractivity contribution in [2.45, 2.75) is 26.1 Å². The van der Waals surface area contributed by atoms with E-state index < -0.39 is 11.7 Å². The lowest BCUT2D eigenvalue weighted by Crippen LogP contribution is -2.11. The van der Waals surface area contributed by atoms with Crippen LogP contribution in [-0.4, -0.2) is 0 Å². The Morgan fingerprint density at radius 3 is 2.33 bits per heavy atom. The van der Waals surface area contributed by atoms with E-state index in [1.54, 1.807) is 0 Å². The maximum absolute atomic E-state index is 13.0. The third-order valence-corrected chi connectivity index (χ3v) is 3.75. The molecule has 21 heavy (non-hydrogen) atoms. The molecule has 0 radical (unpaired) electrons. The van der Waals surface area contributed by atoms with Crippen molar-refractivity contribution in [3.63, 3.8) is 0 Å². The number of nitrogens with one attached hydrogen (secondary N) is 1. The molecule has 0 unspecified atom stereocenters. The minimum absolute atomic E-state index is 0.0859. The number of anilines is 1. The lowest BCUT2D eigenvalue weighted by Gasteiger charge is -2.16. The number of halogens is 4. The van der Waals surface area contributed by atoms with Crippen LogP contribution in [0.3, 0.4) is 0 Å². The van der Waals surface area contributed by atoms with Crippen LogP contribution in [0.25, 0.3) is 0 Å². The molecular formula is C16H15BrF3N. The summed E-state index contributed by atoms with van der Waals surface area (Å²) in [6.45, 7) is 2.39. The van der Waals surface area contributed by atoms with E-state index in [1.807, 2.05) is 31.2 Å². The summed E-state index contributed by atoms with van der Waals surface area (Å²) >= 11 is 3.21. The first-order valence-electron chi connectivity index (χ1n) is 6.59. The van der Waals surface area contributed by atoms with E-state index in [1.165, 1.54) is 12.1 Å². The van der Waals surface area contributed by atoms with E-state index in [0.717, 1.165) is 23.6 Å². The van der Waals surface area contributed by atoms with Crippen LogP contribution < -0.4 is 5.32 Å². The highest BCUT2D eigenvalue weighted by atomic mass is 79.9. The van der Waals surface area contributed by atoms with Crippen LogP contribution >= 0.6 is 15.9 Å². The summed E-state index contributed by atoms with van der Waals surface area (Å²) in [5.41, 5.74) is 1.57. The van der Waals surface area contributed by atoms with Crippen molar-refractivity contribution in [1.29, 1.82) is 0 Å². The third kappa shape index (κ3) is 4.00. The highest BCUT2D eigenvalue weighted by Crippen LogP contribution is 2.36. The van der Waals surface area contributed by atoms with Gasteiger partial charge in [0.25, 0.3) is 0 Å². The van der Waals surface area contributed by atoms with E-state index in [0.29, 0.717) is 11.0 Å². The largest absolute Gasteiger partial charge is 0.418 e. The van der Waals surface area contributed by atoms with E-state index in [4.69, 9.17) is 0 Å². The first-order chi connectivity index (χ1) is 9.91. The SMILES string of the molecule is CCc1ccccc1CNc1cc(Br)ccc1C(F)(F)F. The van der Waals surface area contributed by atoms with Gasteiger partial charge in [0.1, 0.15) is 0 Å². The van der Waals surface area contributed by atoms with Gasteiger partial charge in [-0.25, -0.2) is 0 Å². The van der Waals surface area contributed by atoms with Crippen LogP contribution in [0.5, 0.6) is 0 Å². The van der Waals surface area contributed by atoms with Gasteiger partial charge >= 0.3 is 6.18 Å². The van der Waals surface area contributed by atoms with E-state index >= 15 is 0 Å². The molecule has 2 aromatic rings. The Kier molecular flexibility index (Phi) is 4.93. The number of hydrogen-bond acceptors (Lipinski definition) is 1. The molecule has 112 valence electrons. The average molecular weight is 358 g/mol. The topological polar surface area (TPSA) is 12.0 Å². The van der Waals surface area contributed by atoms with Gasteiger partial charge in [0.2, 0.25) is 0 Å². The molecule has 2 rings (SSSR count).